The topological polar surface area (TPSA) is 105 Å². The standard InChI is InChI=1S/C27H32N2O6/c1-16-13-29(15-27(16,3)25(31)32)24(30)23(17(2)34-4)28-26(33)35-14-22-20-11-7-5-9-18(20)19-10-6-8-12-21(19)22/h5-12,16-17,22-23H,13-15H2,1-4H3,(H,28,33)(H,31,32)/t16-,17-,23+,27-/m1/s1. The fourth-order valence-corrected chi connectivity index (χ4v) is 5.07. The van der Waals surface area contributed by atoms with E-state index in [2.05, 4.69) is 17.4 Å². The highest BCUT2D eigenvalue weighted by molar-refractivity contribution is 5.88. The van der Waals surface area contributed by atoms with Gasteiger partial charge in [0, 0.05) is 26.1 Å². The van der Waals surface area contributed by atoms with Crippen molar-refractivity contribution in [3.05, 3.63) is 59.7 Å². The summed E-state index contributed by atoms with van der Waals surface area (Å²) in [5.41, 5.74) is 3.41. The second-order valence-electron chi connectivity index (χ2n) is 9.73. The molecule has 35 heavy (non-hydrogen) atoms. The van der Waals surface area contributed by atoms with Gasteiger partial charge in [-0.1, -0.05) is 55.5 Å². The van der Waals surface area contributed by atoms with Gasteiger partial charge in [-0.2, -0.15) is 0 Å². The van der Waals surface area contributed by atoms with Gasteiger partial charge in [0.15, 0.2) is 0 Å². The van der Waals surface area contributed by atoms with Crippen LogP contribution in [0.1, 0.15) is 37.8 Å². The third kappa shape index (κ3) is 4.50. The Morgan fingerprint density at radius 1 is 1.11 bits per heavy atom. The van der Waals surface area contributed by atoms with Crippen LogP contribution < -0.4 is 5.32 Å². The van der Waals surface area contributed by atoms with Crippen LogP contribution in [0.15, 0.2) is 48.5 Å². The van der Waals surface area contributed by atoms with E-state index >= 15 is 0 Å². The summed E-state index contributed by atoms with van der Waals surface area (Å²) < 4.78 is 11.0. The van der Waals surface area contributed by atoms with E-state index in [0.29, 0.717) is 6.54 Å². The molecule has 0 saturated carbocycles. The third-order valence-electron chi connectivity index (χ3n) is 7.63. The molecule has 4 rings (SSSR count). The molecule has 2 N–H and O–H groups in total. The van der Waals surface area contributed by atoms with Crippen LogP contribution in [0.5, 0.6) is 0 Å². The number of aliphatic carboxylic acids is 1. The molecule has 1 heterocycles. The molecule has 2 aromatic carbocycles. The van der Waals surface area contributed by atoms with Crippen LogP contribution in [0, 0.1) is 11.3 Å². The summed E-state index contributed by atoms with van der Waals surface area (Å²) >= 11 is 0. The Hall–Kier alpha value is -3.39. The van der Waals surface area contributed by atoms with E-state index in [9.17, 15) is 19.5 Å². The summed E-state index contributed by atoms with van der Waals surface area (Å²) in [6.07, 6.45) is -1.35. The minimum absolute atomic E-state index is 0.0711. The summed E-state index contributed by atoms with van der Waals surface area (Å²) in [5.74, 6) is -1.65. The summed E-state index contributed by atoms with van der Waals surface area (Å²) in [7, 11) is 1.46. The highest BCUT2D eigenvalue weighted by Crippen LogP contribution is 2.44. The second kappa shape index (κ2) is 9.70. The summed E-state index contributed by atoms with van der Waals surface area (Å²) in [6, 6.07) is 15.1. The molecule has 0 unspecified atom stereocenters. The zero-order chi connectivity index (χ0) is 25.3. The predicted molar refractivity (Wildman–Crippen MR) is 130 cm³/mol. The number of methoxy groups -OCH3 is 1. The number of hydrogen-bond acceptors (Lipinski definition) is 5. The van der Waals surface area contributed by atoms with Gasteiger partial charge in [-0.25, -0.2) is 4.79 Å². The van der Waals surface area contributed by atoms with Crippen LogP contribution in [0.3, 0.4) is 0 Å². The van der Waals surface area contributed by atoms with Gasteiger partial charge in [0.25, 0.3) is 0 Å². The number of fused-ring (bicyclic) bond motifs is 3. The Bertz CT molecular complexity index is 1090. The summed E-state index contributed by atoms with van der Waals surface area (Å²) in [6.45, 7) is 5.63. The maximum Gasteiger partial charge on any atom is 0.407 e. The van der Waals surface area contributed by atoms with Crippen LogP contribution >= 0.6 is 0 Å². The number of likely N-dealkylation sites (tertiary alicyclic amines) is 1. The third-order valence-corrected chi connectivity index (χ3v) is 7.63. The van der Waals surface area contributed by atoms with E-state index in [0.717, 1.165) is 22.3 Å². The van der Waals surface area contributed by atoms with Crippen molar-refractivity contribution in [2.75, 3.05) is 26.8 Å². The molecule has 8 heteroatoms. The zero-order valence-corrected chi connectivity index (χ0v) is 20.5. The second-order valence-corrected chi connectivity index (χ2v) is 9.73. The average molecular weight is 481 g/mol. The minimum Gasteiger partial charge on any atom is -0.481 e. The lowest BCUT2D eigenvalue weighted by atomic mass is 9.81. The maximum absolute atomic E-state index is 13.3. The van der Waals surface area contributed by atoms with Gasteiger partial charge < -0.3 is 24.8 Å². The number of carboxylic acid groups (broad SMARTS) is 1. The molecule has 2 aromatic rings. The van der Waals surface area contributed by atoms with E-state index in [4.69, 9.17) is 9.47 Å². The molecule has 0 spiro atoms. The van der Waals surface area contributed by atoms with Gasteiger partial charge in [-0.15, -0.1) is 0 Å². The minimum atomic E-state index is -1.04. The van der Waals surface area contributed by atoms with Crippen molar-refractivity contribution in [1.29, 1.82) is 0 Å². The number of nitrogens with zero attached hydrogens (tertiary/aromatic N) is 1. The lowest BCUT2D eigenvalue weighted by Crippen LogP contribution is -2.54. The SMILES string of the molecule is CO[C@H](C)[C@H](NC(=O)OCC1c2ccccc2-c2ccccc21)C(=O)N1C[C@@H](C)[C@](C)(C(=O)O)C1. The number of alkyl carbamates (subject to hydrolysis) is 1. The molecular weight excluding hydrogens is 448 g/mol. The summed E-state index contributed by atoms with van der Waals surface area (Å²) in [5, 5.41) is 12.3. The van der Waals surface area contributed by atoms with Crippen LogP contribution in [-0.2, 0) is 19.1 Å². The number of carbonyl (C=O) groups is 3. The van der Waals surface area contributed by atoms with Gasteiger partial charge in [0.1, 0.15) is 12.6 Å². The Morgan fingerprint density at radius 3 is 2.20 bits per heavy atom. The molecule has 1 aliphatic carbocycles. The fourth-order valence-electron chi connectivity index (χ4n) is 5.07. The smallest absolute Gasteiger partial charge is 0.407 e. The van der Waals surface area contributed by atoms with Crippen molar-refractivity contribution >= 4 is 18.0 Å². The zero-order valence-electron chi connectivity index (χ0n) is 20.5. The molecule has 4 atom stereocenters. The molecule has 1 aliphatic heterocycles. The molecular formula is C27H32N2O6. The molecule has 8 nitrogen and oxygen atoms in total. The number of carboxylic acids is 1. The normalized spacial score (nSPS) is 22.7. The fraction of sp³-hybridized carbons (Fsp3) is 0.444. The monoisotopic (exact) mass is 480 g/mol. The molecule has 0 bridgehead atoms. The Labute approximate surface area is 205 Å². The van der Waals surface area contributed by atoms with E-state index in [1.54, 1.807) is 13.8 Å². The number of benzene rings is 2. The number of carbonyl (C=O) groups excluding carboxylic acids is 2. The first-order valence-electron chi connectivity index (χ1n) is 11.8. The number of hydrogen-bond donors (Lipinski definition) is 2. The van der Waals surface area contributed by atoms with Crippen LogP contribution in [-0.4, -0.2) is 66.9 Å². The average Bonchev–Trinajstić information content (AvgIpc) is 3.35. The van der Waals surface area contributed by atoms with E-state index in [1.165, 1.54) is 12.0 Å². The first-order chi connectivity index (χ1) is 16.7. The predicted octanol–water partition coefficient (Wildman–Crippen LogP) is 3.50. The molecule has 1 saturated heterocycles. The number of ether oxygens (including phenoxy) is 2. The Morgan fingerprint density at radius 2 is 1.69 bits per heavy atom. The quantitative estimate of drug-likeness (QED) is 0.629. The van der Waals surface area contributed by atoms with Gasteiger partial charge in [0.2, 0.25) is 5.91 Å². The lowest BCUT2D eigenvalue weighted by molar-refractivity contribution is -0.149. The van der Waals surface area contributed by atoms with Crippen molar-refractivity contribution < 1.29 is 29.0 Å². The van der Waals surface area contributed by atoms with Gasteiger partial charge in [-0.3, -0.25) is 9.59 Å². The van der Waals surface area contributed by atoms with Crippen molar-refractivity contribution in [3.63, 3.8) is 0 Å². The number of nitrogens with one attached hydrogen (secondary N) is 1. The Balaban J connectivity index is 1.45. The Kier molecular flexibility index (Phi) is 6.85. The van der Waals surface area contributed by atoms with E-state index in [-0.39, 0.29) is 30.9 Å². The molecule has 2 amide bonds. The van der Waals surface area contributed by atoms with Crippen LogP contribution in [0.2, 0.25) is 0 Å². The number of rotatable bonds is 7. The lowest BCUT2D eigenvalue weighted by Gasteiger charge is -2.28. The van der Waals surface area contributed by atoms with Crippen molar-refractivity contribution in [1.82, 2.24) is 10.2 Å². The molecule has 1 fully saturated rings. The highest BCUT2D eigenvalue weighted by Gasteiger charge is 2.49. The first kappa shape index (κ1) is 24.7. The number of amides is 2. The van der Waals surface area contributed by atoms with Gasteiger partial charge >= 0.3 is 12.1 Å². The summed E-state index contributed by atoms with van der Waals surface area (Å²) in [4.78, 5) is 39.4. The molecule has 0 aromatic heterocycles. The van der Waals surface area contributed by atoms with Gasteiger partial charge in [0.05, 0.1) is 11.5 Å². The van der Waals surface area contributed by atoms with E-state index < -0.39 is 29.6 Å². The van der Waals surface area contributed by atoms with Crippen molar-refractivity contribution in [2.45, 2.75) is 38.8 Å². The van der Waals surface area contributed by atoms with Crippen LogP contribution in [0.25, 0.3) is 11.1 Å². The first-order valence-corrected chi connectivity index (χ1v) is 11.8. The molecule has 186 valence electrons. The van der Waals surface area contributed by atoms with Crippen molar-refractivity contribution in [3.8, 4) is 11.1 Å². The largest absolute Gasteiger partial charge is 0.481 e. The maximum atomic E-state index is 13.3. The van der Waals surface area contributed by atoms with Gasteiger partial charge in [-0.05, 0) is 42.0 Å². The van der Waals surface area contributed by atoms with Crippen molar-refractivity contribution in [2.24, 2.45) is 11.3 Å². The highest BCUT2D eigenvalue weighted by atomic mass is 16.5. The van der Waals surface area contributed by atoms with E-state index in [1.807, 2.05) is 43.3 Å². The molecule has 2 aliphatic rings. The van der Waals surface area contributed by atoms with Crippen LogP contribution in [0.4, 0.5) is 4.79 Å². The molecule has 0 radical (unpaired) electrons.